The van der Waals surface area contributed by atoms with E-state index in [1.807, 2.05) is 0 Å². The molecule has 0 radical (unpaired) electrons. The van der Waals surface area contributed by atoms with E-state index in [1.54, 1.807) is 0 Å². The van der Waals surface area contributed by atoms with Gasteiger partial charge in [-0.1, -0.05) is 40.0 Å². The zero-order chi connectivity index (χ0) is 13.5. The summed E-state index contributed by atoms with van der Waals surface area (Å²) in [6, 6.07) is 0. The Hall–Kier alpha value is 0.394. The van der Waals surface area contributed by atoms with Crippen molar-refractivity contribution in [3.05, 3.63) is 0 Å². The van der Waals surface area contributed by atoms with Crippen LogP contribution in [0.15, 0.2) is 0 Å². The number of rotatable bonds is 9. The summed E-state index contributed by atoms with van der Waals surface area (Å²) in [6.07, 6.45) is 8.09. The summed E-state index contributed by atoms with van der Waals surface area (Å²) in [5.41, 5.74) is 0. The van der Waals surface area contributed by atoms with Crippen LogP contribution in [0.5, 0.6) is 0 Å². The number of unbranched alkanes of at least 4 members (excludes halogenated alkanes) is 3. The molecule has 17 heavy (non-hydrogen) atoms. The molecule has 0 amide bonds. The molecule has 0 aliphatic rings. The fourth-order valence-electron chi connectivity index (χ4n) is 1.48. The molecule has 104 valence electrons. The maximum atomic E-state index is 8.81. The third kappa shape index (κ3) is 22.1. The van der Waals surface area contributed by atoms with Crippen molar-refractivity contribution in [1.82, 2.24) is 4.90 Å². The van der Waals surface area contributed by atoms with Gasteiger partial charge in [-0.3, -0.25) is 0 Å². The van der Waals surface area contributed by atoms with E-state index in [2.05, 4.69) is 25.7 Å². The number of hydrogen-bond donors (Lipinski definition) is 2. The van der Waals surface area contributed by atoms with Crippen molar-refractivity contribution < 1.29 is 29.3 Å². The molecule has 0 atom stereocenters. The molecule has 0 unspecified atom stereocenters. The Morgan fingerprint density at radius 1 is 0.824 bits per heavy atom. The fraction of sp³-hybridized carbons (Fsp3) is 1.00. The van der Waals surface area contributed by atoms with Crippen molar-refractivity contribution in [1.29, 1.82) is 0 Å². The predicted octanol–water partition coefficient (Wildman–Crippen LogP) is 2.45. The Labute approximate surface area is 113 Å². The summed E-state index contributed by atoms with van der Waals surface area (Å²) < 4.78 is 23.2. The zero-order valence-corrected chi connectivity index (χ0v) is 13.2. The Morgan fingerprint density at radius 2 is 1.06 bits per heavy atom. The van der Waals surface area contributed by atoms with Crippen molar-refractivity contribution in [2.24, 2.45) is 0 Å². The Morgan fingerprint density at radius 3 is 1.24 bits per heavy atom. The molecule has 0 aromatic carbocycles. The zero-order valence-electron chi connectivity index (χ0n) is 11.6. The normalized spacial score (nSPS) is 10.0. The van der Waals surface area contributed by atoms with E-state index < -0.39 is 18.6 Å². The van der Waals surface area contributed by atoms with Gasteiger partial charge in [0.15, 0.2) is 0 Å². The molecule has 5 heteroatoms. The van der Waals surface area contributed by atoms with Gasteiger partial charge in [0.1, 0.15) is 0 Å². The van der Waals surface area contributed by atoms with E-state index >= 15 is 0 Å². The minimum absolute atomic E-state index is 1.32. The van der Waals surface area contributed by atoms with E-state index in [0.717, 1.165) is 0 Å². The molecule has 0 aliphatic heterocycles. The van der Waals surface area contributed by atoms with Crippen LogP contribution in [-0.2, 0) is 21.9 Å². The van der Waals surface area contributed by atoms with Gasteiger partial charge in [0.2, 0.25) is 0 Å². The molecule has 4 nitrogen and oxygen atoms in total. The summed E-state index contributed by atoms with van der Waals surface area (Å²) in [7, 11) is 0. The second kappa shape index (κ2) is 16.4. The average molecular weight is 283 g/mol. The molecule has 2 N–H and O–H groups in total. The summed E-state index contributed by atoms with van der Waals surface area (Å²) in [6.45, 7) is 10.8. The maximum absolute atomic E-state index is 8.81. The van der Waals surface area contributed by atoms with Crippen molar-refractivity contribution >= 4 is 0 Å². The first kappa shape index (κ1) is 19.7. The quantitative estimate of drug-likeness (QED) is 0.638. The van der Waals surface area contributed by atoms with Gasteiger partial charge in [-0.2, -0.15) is 0 Å². The SMILES string of the molecule is CCCCN(CCCC)CCCC.[O]=[Ti]([OH])[OH]. The third-order valence-corrected chi connectivity index (χ3v) is 2.48. The third-order valence-electron chi connectivity index (χ3n) is 2.48. The molecule has 0 rings (SSSR count). The standard InChI is InChI=1S/C12H27N.2H2O.O.Ti/c1-4-7-10-13(11-8-5-2)12-9-6-3;;;;/h4-12H2,1-3H3;2*1H2;;/q;;;;+2/p-2. The van der Waals surface area contributed by atoms with Crippen LogP contribution < -0.4 is 0 Å². The van der Waals surface area contributed by atoms with Gasteiger partial charge in [0.05, 0.1) is 0 Å². The molecule has 0 saturated heterocycles. The van der Waals surface area contributed by atoms with Gasteiger partial charge in [0.25, 0.3) is 0 Å². The van der Waals surface area contributed by atoms with E-state index in [4.69, 9.17) is 10.7 Å². The molecule has 0 bridgehead atoms. The van der Waals surface area contributed by atoms with Gasteiger partial charge in [-0.15, -0.1) is 0 Å². The molecule has 0 heterocycles. The summed E-state index contributed by atoms with van der Waals surface area (Å²) in [5, 5.41) is 0. The molecule has 0 spiro atoms. The van der Waals surface area contributed by atoms with Crippen LogP contribution in [-0.4, -0.2) is 31.9 Å². The van der Waals surface area contributed by atoms with E-state index in [-0.39, 0.29) is 0 Å². The molecule has 0 aliphatic carbocycles. The molecule has 0 fully saturated rings. The van der Waals surface area contributed by atoms with Crippen LogP contribution >= 0.6 is 0 Å². The Kier molecular flexibility index (Phi) is 19.0. The first-order valence-electron chi connectivity index (χ1n) is 6.72. The van der Waals surface area contributed by atoms with Crippen LogP contribution in [0, 0.1) is 0 Å². The molecule has 0 saturated carbocycles. The van der Waals surface area contributed by atoms with Gasteiger partial charge >= 0.3 is 29.3 Å². The van der Waals surface area contributed by atoms with Crippen molar-refractivity contribution in [2.75, 3.05) is 19.6 Å². The van der Waals surface area contributed by atoms with Gasteiger partial charge in [-0.05, 0) is 38.9 Å². The second-order valence-corrected chi connectivity index (χ2v) is 5.07. The van der Waals surface area contributed by atoms with E-state index in [9.17, 15) is 0 Å². The van der Waals surface area contributed by atoms with Crippen LogP contribution in [0.3, 0.4) is 0 Å². The topological polar surface area (TPSA) is 60.8 Å². The van der Waals surface area contributed by atoms with Crippen molar-refractivity contribution in [3.8, 4) is 0 Å². The molecule has 0 aromatic rings. The number of hydrogen-bond acceptors (Lipinski definition) is 2. The summed E-state index contributed by atoms with van der Waals surface area (Å²) in [5.74, 6) is 0. The summed E-state index contributed by atoms with van der Waals surface area (Å²) >= 11 is -3.58. The molecule has 0 aromatic heterocycles. The minimum atomic E-state index is -3.58. The predicted molar refractivity (Wildman–Crippen MR) is 66.3 cm³/mol. The van der Waals surface area contributed by atoms with Gasteiger partial charge in [0, 0.05) is 0 Å². The van der Waals surface area contributed by atoms with Crippen LogP contribution in [0.2, 0.25) is 0 Å². The first-order chi connectivity index (χ1) is 8.08. The molecular formula is C12H29NO3Ti. The molecular weight excluding hydrogens is 254 g/mol. The van der Waals surface area contributed by atoms with Crippen LogP contribution in [0.25, 0.3) is 0 Å². The van der Waals surface area contributed by atoms with E-state index in [0.29, 0.717) is 0 Å². The van der Waals surface area contributed by atoms with Crippen LogP contribution in [0.4, 0.5) is 0 Å². The van der Waals surface area contributed by atoms with Crippen molar-refractivity contribution in [2.45, 2.75) is 59.3 Å². The monoisotopic (exact) mass is 283 g/mol. The van der Waals surface area contributed by atoms with Gasteiger partial charge in [-0.25, -0.2) is 0 Å². The fourth-order valence-corrected chi connectivity index (χ4v) is 1.48. The first-order valence-corrected chi connectivity index (χ1v) is 8.76. The average Bonchev–Trinajstić information content (AvgIpc) is 2.27. The Balaban J connectivity index is 0. The Bertz CT molecular complexity index is 145. The number of nitrogens with zero attached hydrogens (tertiary/aromatic N) is 1. The summed E-state index contributed by atoms with van der Waals surface area (Å²) in [4.78, 5) is 2.64. The van der Waals surface area contributed by atoms with E-state index in [1.165, 1.54) is 58.2 Å². The second-order valence-electron chi connectivity index (χ2n) is 4.18. The van der Waals surface area contributed by atoms with Crippen LogP contribution in [0.1, 0.15) is 59.3 Å². The van der Waals surface area contributed by atoms with Gasteiger partial charge < -0.3 is 4.90 Å². The van der Waals surface area contributed by atoms with Crippen molar-refractivity contribution in [3.63, 3.8) is 0 Å².